The molecule has 1 aromatic carbocycles. The van der Waals surface area contributed by atoms with E-state index in [-0.39, 0.29) is 12.0 Å². The summed E-state index contributed by atoms with van der Waals surface area (Å²) >= 11 is 2.19. The minimum absolute atomic E-state index is 0.0970. The number of aliphatic imine (C=N–C) groups is 1. The van der Waals surface area contributed by atoms with E-state index in [1.54, 1.807) is 19.2 Å². The molecule has 0 bridgehead atoms. The highest BCUT2D eigenvalue weighted by Crippen LogP contribution is 2.13. The van der Waals surface area contributed by atoms with Gasteiger partial charge in [-0.15, -0.1) is 0 Å². The number of nitrogens with zero attached hydrogens (tertiary/aromatic N) is 2. The average Bonchev–Trinajstić information content (AvgIpc) is 2.76. The number of carboxylic acids is 2. The lowest BCUT2D eigenvalue weighted by Gasteiger charge is -2.14. The first-order valence-electron chi connectivity index (χ1n) is 10.3. The summed E-state index contributed by atoms with van der Waals surface area (Å²) in [7, 11) is 0. The van der Waals surface area contributed by atoms with Gasteiger partial charge in [0.1, 0.15) is 11.6 Å². The van der Waals surface area contributed by atoms with Gasteiger partial charge in [-0.1, -0.05) is 12.1 Å². The Labute approximate surface area is 217 Å². The van der Waals surface area contributed by atoms with Crippen LogP contribution in [0.5, 0.6) is 0 Å². The van der Waals surface area contributed by atoms with Crippen molar-refractivity contribution in [2.75, 3.05) is 6.54 Å². The second-order valence-electron chi connectivity index (χ2n) is 7.32. The first kappa shape index (κ1) is 30.6. The molecule has 0 radical (unpaired) electrons. The molecular weight excluding hydrogens is 600 g/mol. The zero-order valence-electron chi connectivity index (χ0n) is 19.0. The van der Waals surface area contributed by atoms with Gasteiger partial charge in [-0.25, -0.2) is 9.59 Å². The molecule has 0 aliphatic rings. The molecule has 0 aliphatic heterocycles. The molecule has 5 N–H and O–H groups in total. The van der Waals surface area contributed by atoms with Gasteiger partial charge in [0.2, 0.25) is 0 Å². The van der Waals surface area contributed by atoms with Gasteiger partial charge in [0.15, 0.2) is 0 Å². The number of alkyl halides is 3. The van der Waals surface area contributed by atoms with Gasteiger partial charge in [-0.2, -0.15) is 13.2 Å². The summed E-state index contributed by atoms with van der Waals surface area (Å²) in [4.78, 5) is 49.6. The molecule has 1 heterocycles. The smallest absolute Gasteiger partial charge is 0.480 e. The minimum atomic E-state index is -5.08. The highest BCUT2D eigenvalue weighted by Gasteiger charge is 2.38. The van der Waals surface area contributed by atoms with Crippen LogP contribution in [0.3, 0.4) is 0 Å². The van der Waals surface area contributed by atoms with Gasteiger partial charge >= 0.3 is 18.1 Å². The molecule has 0 saturated heterocycles. The van der Waals surface area contributed by atoms with Crippen molar-refractivity contribution in [3.63, 3.8) is 0 Å². The molecule has 2 aromatic rings. The van der Waals surface area contributed by atoms with Crippen LogP contribution in [-0.2, 0) is 16.1 Å². The van der Waals surface area contributed by atoms with Gasteiger partial charge in [-0.3, -0.25) is 14.6 Å². The van der Waals surface area contributed by atoms with Gasteiger partial charge in [0.05, 0.1) is 12.4 Å². The zero-order valence-corrected chi connectivity index (χ0v) is 21.1. The minimum Gasteiger partial charge on any atom is -0.480 e. The van der Waals surface area contributed by atoms with Crippen LogP contribution in [0.15, 0.2) is 52.4 Å². The molecule has 0 saturated carbocycles. The van der Waals surface area contributed by atoms with E-state index in [1.807, 2.05) is 24.3 Å². The number of benzene rings is 1. The number of aliphatic carboxylic acids is 2. The molecule has 36 heavy (non-hydrogen) atoms. The van der Waals surface area contributed by atoms with E-state index in [2.05, 4.69) is 32.9 Å². The Kier molecular flexibility index (Phi) is 12.1. The average molecular weight is 624 g/mol. The number of hydrogen-bond acceptors (Lipinski definition) is 5. The van der Waals surface area contributed by atoms with Crippen LogP contribution in [-0.4, -0.2) is 57.2 Å². The number of pyridine rings is 1. The number of hydrogen-bond donors (Lipinski definition) is 4. The quantitative estimate of drug-likeness (QED) is 0.144. The van der Waals surface area contributed by atoms with Crippen LogP contribution in [0.2, 0.25) is 0 Å². The van der Waals surface area contributed by atoms with Gasteiger partial charge < -0.3 is 25.8 Å². The van der Waals surface area contributed by atoms with Crippen LogP contribution in [0.25, 0.3) is 0 Å². The Morgan fingerprint density at radius 1 is 1.19 bits per heavy atom. The molecule has 10 nitrogen and oxygen atoms in total. The standard InChI is InChI=1S/C20H23IN4O4.C2HF3O2/c1-13(22)23-9-3-8-17(20(28)29)24-18(26)16-7-4-10-25(19(16)27)12-14-5-2-6-15(21)11-14;3-2(4,5)1(6)7/h2,4-7,10-11,17H,3,8-9,12H2,1H3,(H2,22,23)(H,24,26)(H,28,29);(H,6,7)/t17-;/m0./s1. The molecule has 1 atom stereocenters. The van der Waals surface area contributed by atoms with Crippen LogP contribution >= 0.6 is 22.6 Å². The maximum atomic E-state index is 12.7. The number of amides is 1. The maximum absolute atomic E-state index is 12.7. The summed E-state index contributed by atoms with van der Waals surface area (Å²) < 4.78 is 34.2. The Balaban J connectivity index is 0.000000809. The van der Waals surface area contributed by atoms with Crippen molar-refractivity contribution < 1.29 is 37.8 Å². The molecule has 2 rings (SSSR count). The Morgan fingerprint density at radius 2 is 1.83 bits per heavy atom. The molecule has 1 aromatic heterocycles. The Morgan fingerprint density at radius 3 is 2.36 bits per heavy atom. The lowest BCUT2D eigenvalue weighted by molar-refractivity contribution is -0.192. The van der Waals surface area contributed by atoms with Crippen molar-refractivity contribution in [1.29, 1.82) is 0 Å². The molecule has 0 fully saturated rings. The van der Waals surface area contributed by atoms with Crippen LogP contribution in [0, 0.1) is 3.57 Å². The van der Waals surface area contributed by atoms with Crippen LogP contribution < -0.4 is 16.6 Å². The number of carbonyl (C=O) groups excluding carboxylic acids is 1. The number of carboxylic acid groups (broad SMARTS) is 2. The molecule has 0 spiro atoms. The summed E-state index contributed by atoms with van der Waals surface area (Å²) in [6.07, 6.45) is -2.86. The predicted octanol–water partition coefficient (Wildman–Crippen LogP) is 2.47. The van der Waals surface area contributed by atoms with Crippen molar-refractivity contribution in [3.05, 3.63) is 67.6 Å². The van der Waals surface area contributed by atoms with Crippen molar-refractivity contribution in [1.82, 2.24) is 9.88 Å². The van der Waals surface area contributed by atoms with Crippen LogP contribution in [0.4, 0.5) is 13.2 Å². The highest BCUT2D eigenvalue weighted by atomic mass is 127. The van der Waals surface area contributed by atoms with E-state index in [0.717, 1.165) is 9.13 Å². The lowest BCUT2D eigenvalue weighted by Crippen LogP contribution is -2.43. The van der Waals surface area contributed by atoms with Crippen molar-refractivity contribution in [2.24, 2.45) is 10.7 Å². The van der Waals surface area contributed by atoms with E-state index >= 15 is 0 Å². The van der Waals surface area contributed by atoms with Gasteiger partial charge in [0.25, 0.3) is 11.5 Å². The molecule has 196 valence electrons. The fraction of sp³-hybridized carbons (Fsp3) is 0.318. The number of aromatic nitrogens is 1. The molecule has 0 unspecified atom stereocenters. The third kappa shape index (κ3) is 10.9. The van der Waals surface area contributed by atoms with E-state index in [1.165, 1.54) is 10.6 Å². The monoisotopic (exact) mass is 624 g/mol. The number of nitrogens with two attached hydrogens (primary N) is 1. The largest absolute Gasteiger partial charge is 0.490 e. The molecule has 1 amide bonds. The van der Waals surface area contributed by atoms with Gasteiger partial charge in [0, 0.05) is 16.3 Å². The Hall–Kier alpha value is -3.43. The first-order chi connectivity index (χ1) is 16.7. The second kappa shape index (κ2) is 14.2. The summed E-state index contributed by atoms with van der Waals surface area (Å²) in [6, 6.07) is 9.57. The number of amidine groups is 1. The number of nitrogens with one attached hydrogen (secondary N) is 1. The van der Waals surface area contributed by atoms with E-state index in [9.17, 15) is 32.7 Å². The Bertz CT molecular complexity index is 1160. The highest BCUT2D eigenvalue weighted by molar-refractivity contribution is 14.1. The SMILES string of the molecule is CC(N)=NCCC[C@H](NC(=O)c1cccn(Cc2cccc(I)c2)c1=O)C(=O)O.O=C(O)C(F)(F)F. The van der Waals surface area contributed by atoms with Crippen molar-refractivity contribution in [3.8, 4) is 0 Å². The third-order valence-corrected chi connectivity index (χ3v) is 5.04. The van der Waals surface area contributed by atoms with E-state index in [4.69, 9.17) is 15.6 Å². The van der Waals surface area contributed by atoms with E-state index < -0.39 is 35.6 Å². The summed E-state index contributed by atoms with van der Waals surface area (Å²) in [5.74, 6) is -4.22. The summed E-state index contributed by atoms with van der Waals surface area (Å²) in [5, 5.41) is 18.9. The fourth-order valence-corrected chi connectivity index (χ4v) is 3.32. The third-order valence-electron chi connectivity index (χ3n) is 4.36. The topological polar surface area (TPSA) is 164 Å². The van der Waals surface area contributed by atoms with Gasteiger partial charge in [-0.05, 0) is 72.2 Å². The van der Waals surface area contributed by atoms with Crippen LogP contribution in [0.1, 0.15) is 35.7 Å². The molecule has 0 aliphatic carbocycles. The number of rotatable bonds is 9. The van der Waals surface area contributed by atoms with Crippen molar-refractivity contribution in [2.45, 2.75) is 38.5 Å². The predicted molar refractivity (Wildman–Crippen MR) is 133 cm³/mol. The van der Waals surface area contributed by atoms with E-state index in [0.29, 0.717) is 25.3 Å². The van der Waals surface area contributed by atoms with Crippen molar-refractivity contribution >= 4 is 46.3 Å². The normalized spacial score (nSPS) is 12.2. The molecule has 14 heteroatoms. The summed E-state index contributed by atoms with van der Waals surface area (Å²) in [6.45, 7) is 2.33. The lowest BCUT2D eigenvalue weighted by atomic mass is 10.1. The fourth-order valence-electron chi connectivity index (χ4n) is 2.71. The zero-order chi connectivity index (χ0) is 27.5. The number of carbonyl (C=O) groups is 3. The first-order valence-corrected chi connectivity index (χ1v) is 11.3. The summed E-state index contributed by atoms with van der Waals surface area (Å²) in [5.41, 5.74) is 5.80. The second-order valence-corrected chi connectivity index (χ2v) is 8.56. The maximum Gasteiger partial charge on any atom is 0.490 e. The molecular formula is C22H24F3IN4O6. The number of halogens is 4.